The van der Waals surface area contributed by atoms with Crippen molar-refractivity contribution in [3.63, 3.8) is 0 Å². The minimum Gasteiger partial charge on any atom is -0.373 e. The van der Waals surface area contributed by atoms with Crippen molar-refractivity contribution in [2.24, 2.45) is 0 Å². The van der Waals surface area contributed by atoms with E-state index >= 15 is 0 Å². The molecule has 0 spiro atoms. The summed E-state index contributed by atoms with van der Waals surface area (Å²) in [6, 6.07) is 18.8. The second-order valence-electron chi connectivity index (χ2n) is 5.15. The molecule has 0 aliphatic rings. The van der Waals surface area contributed by atoms with E-state index in [-0.39, 0.29) is 0 Å². The topological polar surface area (TPSA) is 39.1 Å². The van der Waals surface area contributed by atoms with E-state index in [0.29, 0.717) is 0 Å². The molecule has 0 saturated carbocycles. The van der Waals surface area contributed by atoms with Crippen LogP contribution in [0.15, 0.2) is 48.5 Å². The quantitative estimate of drug-likeness (QED) is 0.883. The number of nitrogens with one attached hydrogen (secondary N) is 1. The Kier molecular flexibility index (Phi) is 5.36. The molecule has 0 aromatic heterocycles. The van der Waals surface area contributed by atoms with Gasteiger partial charge in [0.05, 0.1) is 11.3 Å². The minimum absolute atomic E-state index is 0.735. The van der Waals surface area contributed by atoms with Gasteiger partial charge in [0.2, 0.25) is 0 Å². The Morgan fingerprint density at radius 2 is 1.86 bits per heavy atom. The molecule has 108 valence electrons. The lowest BCUT2D eigenvalue weighted by Gasteiger charge is -2.21. The van der Waals surface area contributed by atoms with Crippen LogP contribution in [0.25, 0.3) is 0 Å². The molecule has 1 N–H and O–H groups in total. The van der Waals surface area contributed by atoms with Gasteiger partial charge in [-0.2, -0.15) is 5.26 Å². The maximum absolute atomic E-state index is 9.35. The summed E-state index contributed by atoms with van der Waals surface area (Å²) in [5, 5.41) is 12.5. The van der Waals surface area contributed by atoms with Crippen LogP contribution in [0.5, 0.6) is 0 Å². The third kappa shape index (κ3) is 4.08. The summed E-state index contributed by atoms with van der Waals surface area (Å²) in [5.74, 6) is 0. The van der Waals surface area contributed by atoms with Crippen LogP contribution in [0.2, 0.25) is 0 Å². The number of nitriles is 1. The molecule has 0 amide bonds. The number of nitrogens with zero attached hydrogens (tertiary/aromatic N) is 2. The summed E-state index contributed by atoms with van der Waals surface area (Å²) in [5.41, 5.74) is 4.18. The van der Waals surface area contributed by atoms with E-state index in [1.807, 2.05) is 32.3 Å². The fraction of sp³-hybridized carbons (Fsp3) is 0.278. The Morgan fingerprint density at radius 3 is 2.52 bits per heavy atom. The van der Waals surface area contributed by atoms with Crippen LogP contribution in [0.3, 0.4) is 0 Å². The molecule has 3 heteroatoms. The van der Waals surface area contributed by atoms with Crippen molar-refractivity contribution in [3.05, 3.63) is 65.2 Å². The molecule has 0 fully saturated rings. The summed E-state index contributed by atoms with van der Waals surface area (Å²) < 4.78 is 0. The van der Waals surface area contributed by atoms with E-state index in [2.05, 4.69) is 46.6 Å². The standard InChI is InChI=1S/C18H21N3/c1-20-14-16-8-9-18(17(12-16)13-19)21(2)11-10-15-6-4-3-5-7-15/h3-9,12,20H,10-11,14H2,1-2H3. The molecule has 0 aliphatic carbocycles. The fourth-order valence-corrected chi connectivity index (χ4v) is 2.38. The van der Waals surface area contributed by atoms with Gasteiger partial charge in [-0.1, -0.05) is 36.4 Å². The second-order valence-corrected chi connectivity index (χ2v) is 5.15. The van der Waals surface area contributed by atoms with E-state index in [9.17, 15) is 5.26 Å². The molecule has 0 bridgehead atoms. The van der Waals surface area contributed by atoms with Crippen molar-refractivity contribution in [2.75, 3.05) is 25.5 Å². The van der Waals surface area contributed by atoms with Gasteiger partial charge in [-0.15, -0.1) is 0 Å². The average Bonchev–Trinajstić information content (AvgIpc) is 2.53. The average molecular weight is 279 g/mol. The van der Waals surface area contributed by atoms with E-state index < -0.39 is 0 Å². The maximum atomic E-state index is 9.35. The summed E-state index contributed by atoms with van der Waals surface area (Å²) in [6.07, 6.45) is 0.973. The second kappa shape index (κ2) is 7.47. The van der Waals surface area contributed by atoms with Gasteiger partial charge in [0.1, 0.15) is 6.07 Å². The van der Waals surface area contributed by atoms with Gasteiger partial charge in [-0.25, -0.2) is 0 Å². The van der Waals surface area contributed by atoms with Gasteiger partial charge in [0.15, 0.2) is 0 Å². The van der Waals surface area contributed by atoms with Gasteiger partial charge in [-0.3, -0.25) is 0 Å². The zero-order valence-electron chi connectivity index (χ0n) is 12.6. The van der Waals surface area contributed by atoms with Crippen LogP contribution in [0.1, 0.15) is 16.7 Å². The van der Waals surface area contributed by atoms with Crippen molar-refractivity contribution in [3.8, 4) is 6.07 Å². The molecule has 3 nitrogen and oxygen atoms in total. The molecule has 21 heavy (non-hydrogen) atoms. The number of hydrogen-bond acceptors (Lipinski definition) is 3. The summed E-state index contributed by atoms with van der Waals surface area (Å²) in [6.45, 7) is 1.67. The van der Waals surface area contributed by atoms with Crippen molar-refractivity contribution < 1.29 is 0 Å². The lowest BCUT2D eigenvalue weighted by Crippen LogP contribution is -2.21. The van der Waals surface area contributed by atoms with Crippen LogP contribution in [-0.2, 0) is 13.0 Å². The first-order valence-electron chi connectivity index (χ1n) is 7.17. The molecule has 0 saturated heterocycles. The molecule has 2 rings (SSSR count). The summed E-state index contributed by atoms with van der Waals surface area (Å²) >= 11 is 0. The fourth-order valence-electron chi connectivity index (χ4n) is 2.38. The first kappa shape index (κ1) is 15.1. The van der Waals surface area contributed by atoms with Gasteiger partial charge >= 0.3 is 0 Å². The minimum atomic E-state index is 0.735. The highest BCUT2D eigenvalue weighted by Crippen LogP contribution is 2.20. The predicted molar refractivity (Wildman–Crippen MR) is 87.3 cm³/mol. The van der Waals surface area contributed by atoms with Gasteiger partial charge in [0.25, 0.3) is 0 Å². The van der Waals surface area contributed by atoms with Gasteiger partial charge in [0, 0.05) is 20.1 Å². The van der Waals surface area contributed by atoms with Crippen molar-refractivity contribution in [1.82, 2.24) is 5.32 Å². The normalized spacial score (nSPS) is 10.1. The van der Waals surface area contributed by atoms with Crippen LogP contribution >= 0.6 is 0 Å². The lowest BCUT2D eigenvalue weighted by atomic mass is 10.1. The smallest absolute Gasteiger partial charge is 0.101 e. The van der Waals surface area contributed by atoms with E-state index in [1.54, 1.807) is 0 Å². The molecule has 0 unspecified atom stereocenters. The molecule has 2 aromatic rings. The van der Waals surface area contributed by atoms with Gasteiger partial charge in [-0.05, 0) is 36.7 Å². The number of hydrogen-bond donors (Lipinski definition) is 1. The summed E-state index contributed by atoms with van der Waals surface area (Å²) in [4.78, 5) is 2.15. The van der Waals surface area contributed by atoms with Crippen LogP contribution in [0.4, 0.5) is 5.69 Å². The van der Waals surface area contributed by atoms with Crippen molar-refractivity contribution in [2.45, 2.75) is 13.0 Å². The summed E-state index contributed by atoms with van der Waals surface area (Å²) in [7, 11) is 3.95. The Morgan fingerprint density at radius 1 is 1.10 bits per heavy atom. The van der Waals surface area contributed by atoms with Crippen LogP contribution in [0, 0.1) is 11.3 Å². The highest BCUT2D eigenvalue weighted by atomic mass is 15.1. The highest BCUT2D eigenvalue weighted by Gasteiger charge is 2.08. The molecule has 0 heterocycles. The Bertz CT molecular complexity index is 614. The molecule has 0 radical (unpaired) electrons. The Hall–Kier alpha value is -2.31. The molecule has 0 atom stereocenters. The molecular weight excluding hydrogens is 258 g/mol. The van der Waals surface area contributed by atoms with E-state index in [1.165, 1.54) is 5.56 Å². The predicted octanol–water partition coefficient (Wildman–Crippen LogP) is 2.96. The SMILES string of the molecule is CNCc1ccc(N(C)CCc2ccccc2)c(C#N)c1. The van der Waals surface area contributed by atoms with E-state index in [4.69, 9.17) is 0 Å². The zero-order chi connectivity index (χ0) is 15.1. The third-order valence-corrected chi connectivity index (χ3v) is 3.55. The molecule has 0 aliphatic heterocycles. The third-order valence-electron chi connectivity index (χ3n) is 3.55. The number of benzene rings is 2. The lowest BCUT2D eigenvalue weighted by molar-refractivity contribution is 0.816. The van der Waals surface area contributed by atoms with Crippen molar-refractivity contribution in [1.29, 1.82) is 5.26 Å². The van der Waals surface area contributed by atoms with E-state index in [0.717, 1.165) is 36.3 Å². The first-order valence-corrected chi connectivity index (χ1v) is 7.17. The zero-order valence-corrected chi connectivity index (χ0v) is 12.6. The van der Waals surface area contributed by atoms with Crippen LogP contribution in [-0.4, -0.2) is 20.6 Å². The highest BCUT2D eigenvalue weighted by molar-refractivity contribution is 5.60. The first-order chi connectivity index (χ1) is 10.2. The molecule has 2 aromatic carbocycles. The Balaban J connectivity index is 2.08. The number of rotatable bonds is 6. The van der Waals surface area contributed by atoms with Crippen LogP contribution < -0.4 is 10.2 Å². The largest absolute Gasteiger partial charge is 0.373 e. The van der Waals surface area contributed by atoms with Gasteiger partial charge < -0.3 is 10.2 Å². The molecular formula is C18H21N3. The van der Waals surface area contributed by atoms with Crippen molar-refractivity contribution >= 4 is 5.69 Å². The monoisotopic (exact) mass is 279 g/mol. The Labute approximate surface area is 126 Å². The number of anilines is 1. The maximum Gasteiger partial charge on any atom is 0.101 e. The number of likely N-dealkylation sites (N-methyl/N-ethyl adjacent to an activating group) is 1.